The Hall–Kier alpha value is -0.120. The van der Waals surface area contributed by atoms with Crippen LogP contribution in [0.2, 0.25) is 0 Å². The van der Waals surface area contributed by atoms with Crippen molar-refractivity contribution in [2.45, 2.75) is 44.2 Å². The SMILES string of the molecule is COC1CCN(CC2CCCCN2)CC1. The van der Waals surface area contributed by atoms with E-state index in [-0.39, 0.29) is 0 Å². The Kier molecular flexibility index (Phi) is 4.42. The zero-order valence-electron chi connectivity index (χ0n) is 9.87. The van der Waals surface area contributed by atoms with E-state index < -0.39 is 0 Å². The zero-order valence-corrected chi connectivity index (χ0v) is 9.87. The van der Waals surface area contributed by atoms with Crippen LogP contribution in [0.25, 0.3) is 0 Å². The predicted molar refractivity (Wildman–Crippen MR) is 62.1 cm³/mol. The van der Waals surface area contributed by atoms with Crippen LogP contribution in [-0.4, -0.2) is 50.3 Å². The van der Waals surface area contributed by atoms with Gasteiger partial charge in [-0.25, -0.2) is 0 Å². The van der Waals surface area contributed by atoms with Gasteiger partial charge in [0.05, 0.1) is 6.10 Å². The minimum atomic E-state index is 0.514. The van der Waals surface area contributed by atoms with Crippen LogP contribution in [0.4, 0.5) is 0 Å². The molecule has 0 aromatic carbocycles. The molecule has 2 rings (SSSR count). The first-order valence-corrected chi connectivity index (χ1v) is 6.37. The number of nitrogens with zero attached hydrogens (tertiary/aromatic N) is 1. The first-order valence-electron chi connectivity index (χ1n) is 6.37. The van der Waals surface area contributed by atoms with Crippen molar-refractivity contribution in [3.8, 4) is 0 Å². The standard InChI is InChI=1S/C12H24N2O/c1-15-12-5-8-14(9-6-12)10-11-4-2-3-7-13-11/h11-13H,2-10H2,1H3. The van der Waals surface area contributed by atoms with Crippen LogP contribution in [0, 0.1) is 0 Å². The van der Waals surface area contributed by atoms with Crippen LogP contribution in [0.15, 0.2) is 0 Å². The quantitative estimate of drug-likeness (QED) is 0.762. The zero-order chi connectivity index (χ0) is 10.5. The van der Waals surface area contributed by atoms with Gasteiger partial charge in [0.15, 0.2) is 0 Å². The number of hydrogen-bond donors (Lipinski definition) is 1. The third-order valence-corrected chi connectivity index (χ3v) is 3.76. The average molecular weight is 212 g/mol. The van der Waals surface area contributed by atoms with Gasteiger partial charge in [-0.2, -0.15) is 0 Å². The lowest BCUT2D eigenvalue weighted by Gasteiger charge is -2.35. The normalized spacial score (nSPS) is 30.6. The van der Waals surface area contributed by atoms with Gasteiger partial charge in [-0.15, -0.1) is 0 Å². The lowest BCUT2D eigenvalue weighted by Crippen LogP contribution is -2.46. The van der Waals surface area contributed by atoms with E-state index in [4.69, 9.17) is 4.74 Å². The molecule has 0 spiro atoms. The molecule has 88 valence electrons. The predicted octanol–water partition coefficient (Wildman–Crippen LogP) is 1.24. The maximum Gasteiger partial charge on any atom is 0.0595 e. The Bertz CT molecular complexity index is 172. The molecule has 0 bridgehead atoms. The Labute approximate surface area is 93.2 Å². The first-order chi connectivity index (χ1) is 7.38. The summed E-state index contributed by atoms with van der Waals surface area (Å²) >= 11 is 0. The first kappa shape index (κ1) is 11.4. The molecule has 2 aliphatic rings. The highest BCUT2D eigenvalue weighted by molar-refractivity contribution is 4.79. The van der Waals surface area contributed by atoms with Crippen LogP contribution >= 0.6 is 0 Å². The fourth-order valence-corrected chi connectivity index (χ4v) is 2.72. The molecular weight excluding hydrogens is 188 g/mol. The molecular formula is C12H24N2O. The monoisotopic (exact) mass is 212 g/mol. The highest BCUT2D eigenvalue weighted by Crippen LogP contribution is 2.15. The number of ether oxygens (including phenoxy) is 1. The second kappa shape index (κ2) is 5.83. The molecule has 0 saturated carbocycles. The molecule has 2 saturated heterocycles. The van der Waals surface area contributed by atoms with Gasteiger partial charge in [0.25, 0.3) is 0 Å². The van der Waals surface area contributed by atoms with Gasteiger partial charge >= 0.3 is 0 Å². The van der Waals surface area contributed by atoms with Gasteiger partial charge in [0, 0.05) is 32.8 Å². The van der Waals surface area contributed by atoms with Gasteiger partial charge in [-0.05, 0) is 32.2 Å². The molecule has 1 unspecified atom stereocenters. The summed E-state index contributed by atoms with van der Waals surface area (Å²) in [5.41, 5.74) is 0. The van der Waals surface area contributed by atoms with E-state index in [0.717, 1.165) is 6.04 Å². The van der Waals surface area contributed by atoms with Crippen LogP contribution in [0.3, 0.4) is 0 Å². The van der Waals surface area contributed by atoms with E-state index >= 15 is 0 Å². The van der Waals surface area contributed by atoms with Crippen molar-refractivity contribution in [2.75, 3.05) is 33.3 Å². The molecule has 1 N–H and O–H groups in total. The summed E-state index contributed by atoms with van der Waals surface area (Å²) in [7, 11) is 1.84. The topological polar surface area (TPSA) is 24.5 Å². The van der Waals surface area contributed by atoms with Crippen molar-refractivity contribution in [3.05, 3.63) is 0 Å². The van der Waals surface area contributed by atoms with Crippen molar-refractivity contribution in [2.24, 2.45) is 0 Å². The fraction of sp³-hybridized carbons (Fsp3) is 1.00. The molecule has 0 aromatic rings. The molecule has 2 heterocycles. The highest BCUT2D eigenvalue weighted by atomic mass is 16.5. The largest absolute Gasteiger partial charge is 0.381 e. The molecule has 0 aliphatic carbocycles. The molecule has 2 fully saturated rings. The number of likely N-dealkylation sites (tertiary alicyclic amines) is 1. The lowest BCUT2D eigenvalue weighted by atomic mass is 10.0. The number of nitrogens with one attached hydrogen (secondary N) is 1. The summed E-state index contributed by atoms with van der Waals surface area (Å²) in [6.07, 6.45) is 7.08. The summed E-state index contributed by atoms with van der Waals surface area (Å²) in [6.45, 7) is 4.91. The van der Waals surface area contributed by atoms with Gasteiger partial charge in [0.2, 0.25) is 0 Å². The number of methoxy groups -OCH3 is 1. The summed E-state index contributed by atoms with van der Waals surface area (Å²) in [5, 5.41) is 3.62. The van der Waals surface area contributed by atoms with Crippen molar-refractivity contribution < 1.29 is 4.74 Å². The van der Waals surface area contributed by atoms with Crippen molar-refractivity contribution in [1.82, 2.24) is 10.2 Å². The Morgan fingerprint density at radius 2 is 2.00 bits per heavy atom. The maximum absolute atomic E-state index is 5.39. The Balaban J connectivity index is 1.67. The lowest BCUT2D eigenvalue weighted by molar-refractivity contribution is 0.0375. The van der Waals surface area contributed by atoms with E-state index in [0.29, 0.717) is 6.10 Å². The molecule has 1 atom stereocenters. The summed E-state index contributed by atoms with van der Waals surface area (Å²) < 4.78 is 5.39. The van der Waals surface area contributed by atoms with Gasteiger partial charge in [-0.1, -0.05) is 6.42 Å². The number of rotatable bonds is 3. The van der Waals surface area contributed by atoms with E-state index in [1.54, 1.807) is 0 Å². The van der Waals surface area contributed by atoms with Gasteiger partial charge in [-0.3, -0.25) is 0 Å². The van der Waals surface area contributed by atoms with Crippen LogP contribution < -0.4 is 5.32 Å². The summed E-state index contributed by atoms with van der Waals surface area (Å²) in [6, 6.07) is 0.748. The van der Waals surface area contributed by atoms with Crippen molar-refractivity contribution in [1.29, 1.82) is 0 Å². The average Bonchev–Trinajstić information content (AvgIpc) is 2.31. The second-order valence-corrected chi connectivity index (χ2v) is 4.88. The molecule has 3 nitrogen and oxygen atoms in total. The van der Waals surface area contributed by atoms with E-state index in [1.807, 2.05) is 7.11 Å². The van der Waals surface area contributed by atoms with Crippen LogP contribution in [0.1, 0.15) is 32.1 Å². The third-order valence-electron chi connectivity index (χ3n) is 3.76. The van der Waals surface area contributed by atoms with Gasteiger partial charge in [0.1, 0.15) is 0 Å². The van der Waals surface area contributed by atoms with Gasteiger partial charge < -0.3 is 15.0 Å². The minimum Gasteiger partial charge on any atom is -0.381 e. The fourth-order valence-electron chi connectivity index (χ4n) is 2.72. The van der Waals surface area contributed by atoms with Crippen LogP contribution in [0.5, 0.6) is 0 Å². The minimum absolute atomic E-state index is 0.514. The van der Waals surface area contributed by atoms with E-state index in [2.05, 4.69) is 10.2 Å². The van der Waals surface area contributed by atoms with Crippen molar-refractivity contribution >= 4 is 0 Å². The smallest absolute Gasteiger partial charge is 0.0595 e. The number of hydrogen-bond acceptors (Lipinski definition) is 3. The van der Waals surface area contributed by atoms with Crippen LogP contribution in [-0.2, 0) is 4.74 Å². The summed E-state index contributed by atoms with van der Waals surface area (Å²) in [4.78, 5) is 2.60. The Morgan fingerprint density at radius 1 is 1.20 bits per heavy atom. The molecule has 3 heteroatoms. The molecule has 0 radical (unpaired) electrons. The van der Waals surface area contributed by atoms with E-state index in [1.165, 1.54) is 58.3 Å². The van der Waals surface area contributed by atoms with E-state index in [9.17, 15) is 0 Å². The number of piperidine rings is 2. The maximum atomic E-state index is 5.39. The summed E-state index contributed by atoms with van der Waals surface area (Å²) in [5.74, 6) is 0. The molecule has 2 aliphatic heterocycles. The Morgan fingerprint density at radius 3 is 2.60 bits per heavy atom. The third kappa shape index (κ3) is 3.44. The second-order valence-electron chi connectivity index (χ2n) is 4.88. The highest BCUT2D eigenvalue weighted by Gasteiger charge is 2.21. The van der Waals surface area contributed by atoms with Crippen molar-refractivity contribution in [3.63, 3.8) is 0 Å². The molecule has 0 amide bonds. The molecule has 0 aromatic heterocycles. The molecule has 15 heavy (non-hydrogen) atoms.